The molecule has 0 saturated carbocycles. The van der Waals surface area contributed by atoms with Gasteiger partial charge in [-0.2, -0.15) is 0 Å². The Bertz CT molecular complexity index is 936. The SMILES string of the molecule is CCCCOC(=O)c1cccc(N2C(=O)C(SCCO)=C(c3cccs3)C2=O)c1. The van der Waals surface area contributed by atoms with Gasteiger partial charge in [-0.3, -0.25) is 9.59 Å². The van der Waals surface area contributed by atoms with Crippen molar-refractivity contribution >= 4 is 52.1 Å². The molecule has 0 atom stereocenters. The molecule has 3 rings (SSSR count). The number of hydrogen-bond acceptors (Lipinski definition) is 7. The summed E-state index contributed by atoms with van der Waals surface area (Å²) in [6.45, 7) is 2.23. The van der Waals surface area contributed by atoms with Crippen LogP contribution in [0.3, 0.4) is 0 Å². The minimum Gasteiger partial charge on any atom is -0.462 e. The molecule has 1 aliphatic heterocycles. The minimum absolute atomic E-state index is 0.105. The van der Waals surface area contributed by atoms with E-state index < -0.39 is 17.8 Å². The number of aliphatic hydroxyl groups excluding tert-OH is 1. The van der Waals surface area contributed by atoms with Crippen LogP contribution < -0.4 is 4.90 Å². The van der Waals surface area contributed by atoms with E-state index in [1.54, 1.807) is 24.3 Å². The first-order chi connectivity index (χ1) is 14.1. The lowest BCUT2D eigenvalue weighted by atomic mass is 10.2. The van der Waals surface area contributed by atoms with E-state index in [1.807, 2.05) is 18.4 Å². The highest BCUT2D eigenvalue weighted by atomic mass is 32.2. The molecular weight excluding hydrogens is 410 g/mol. The Morgan fingerprint density at radius 1 is 1.21 bits per heavy atom. The monoisotopic (exact) mass is 431 g/mol. The third kappa shape index (κ3) is 4.60. The molecule has 8 heteroatoms. The lowest BCUT2D eigenvalue weighted by Gasteiger charge is -2.16. The number of ether oxygens (including phenoxy) is 1. The van der Waals surface area contributed by atoms with Crippen molar-refractivity contribution in [2.75, 3.05) is 23.9 Å². The van der Waals surface area contributed by atoms with Crippen LogP contribution in [-0.4, -0.2) is 41.9 Å². The summed E-state index contributed by atoms with van der Waals surface area (Å²) in [5.74, 6) is -1.07. The molecule has 0 spiro atoms. The molecule has 0 saturated heterocycles. The van der Waals surface area contributed by atoms with Crippen LogP contribution in [0.25, 0.3) is 5.57 Å². The molecule has 0 fully saturated rings. The smallest absolute Gasteiger partial charge is 0.338 e. The van der Waals surface area contributed by atoms with Gasteiger partial charge in [0.2, 0.25) is 0 Å². The first-order valence-corrected chi connectivity index (χ1v) is 11.1. The molecule has 2 heterocycles. The molecule has 1 aliphatic rings. The van der Waals surface area contributed by atoms with Crippen molar-refractivity contribution in [2.45, 2.75) is 19.8 Å². The fourth-order valence-corrected chi connectivity index (χ4v) is 4.51. The third-order valence-electron chi connectivity index (χ3n) is 4.22. The second kappa shape index (κ2) is 9.87. The Labute approximate surface area is 177 Å². The molecular formula is C21H21NO5S2. The maximum absolute atomic E-state index is 13.1. The molecule has 6 nitrogen and oxygen atoms in total. The lowest BCUT2D eigenvalue weighted by Crippen LogP contribution is -2.31. The summed E-state index contributed by atoms with van der Waals surface area (Å²) in [4.78, 5) is 40.5. The molecule has 2 amide bonds. The highest BCUT2D eigenvalue weighted by molar-refractivity contribution is 8.04. The van der Waals surface area contributed by atoms with E-state index in [0.29, 0.717) is 33.4 Å². The summed E-state index contributed by atoms with van der Waals surface area (Å²) in [6.07, 6.45) is 1.68. The van der Waals surface area contributed by atoms with E-state index in [0.717, 1.165) is 29.5 Å². The molecule has 2 aromatic rings. The van der Waals surface area contributed by atoms with Crippen LogP contribution in [0, 0.1) is 0 Å². The van der Waals surface area contributed by atoms with Crippen LogP contribution >= 0.6 is 23.1 Å². The number of nitrogens with zero attached hydrogens (tertiary/aromatic N) is 1. The maximum Gasteiger partial charge on any atom is 0.338 e. The van der Waals surface area contributed by atoms with Crippen LogP contribution in [-0.2, 0) is 14.3 Å². The van der Waals surface area contributed by atoms with Gasteiger partial charge in [0, 0.05) is 10.6 Å². The molecule has 1 aromatic heterocycles. The number of hydrogen-bond donors (Lipinski definition) is 1. The normalized spacial score (nSPS) is 14.1. The average Bonchev–Trinajstić information content (AvgIpc) is 3.33. The fourth-order valence-electron chi connectivity index (χ4n) is 2.83. The Morgan fingerprint density at radius 3 is 2.72 bits per heavy atom. The maximum atomic E-state index is 13.1. The number of amides is 2. The van der Waals surface area contributed by atoms with Crippen molar-refractivity contribution in [3.05, 3.63) is 57.1 Å². The number of rotatable bonds is 9. The van der Waals surface area contributed by atoms with Crippen molar-refractivity contribution in [3.8, 4) is 0 Å². The lowest BCUT2D eigenvalue weighted by molar-refractivity contribution is -0.119. The number of carbonyl (C=O) groups is 3. The van der Waals surface area contributed by atoms with Gasteiger partial charge in [-0.15, -0.1) is 23.1 Å². The van der Waals surface area contributed by atoms with Crippen molar-refractivity contribution in [3.63, 3.8) is 0 Å². The Hall–Kier alpha value is -2.42. The largest absolute Gasteiger partial charge is 0.462 e. The molecule has 0 aliphatic carbocycles. The summed E-state index contributed by atoms with van der Waals surface area (Å²) in [6, 6.07) is 9.93. The van der Waals surface area contributed by atoms with Gasteiger partial charge in [-0.05, 0) is 36.1 Å². The van der Waals surface area contributed by atoms with Crippen LogP contribution in [0.4, 0.5) is 5.69 Å². The van der Waals surface area contributed by atoms with E-state index in [-0.39, 0.29) is 12.2 Å². The van der Waals surface area contributed by atoms with Gasteiger partial charge >= 0.3 is 5.97 Å². The van der Waals surface area contributed by atoms with Gasteiger partial charge in [-0.25, -0.2) is 9.69 Å². The fraction of sp³-hybridized carbons (Fsp3) is 0.286. The molecule has 29 heavy (non-hydrogen) atoms. The van der Waals surface area contributed by atoms with Crippen molar-refractivity contribution in [2.24, 2.45) is 0 Å². The molecule has 1 N–H and O–H groups in total. The zero-order chi connectivity index (χ0) is 20.8. The van der Waals surface area contributed by atoms with Crippen molar-refractivity contribution in [1.82, 2.24) is 0 Å². The topological polar surface area (TPSA) is 83.9 Å². The van der Waals surface area contributed by atoms with E-state index >= 15 is 0 Å². The molecule has 0 unspecified atom stereocenters. The van der Waals surface area contributed by atoms with Gasteiger partial charge in [-0.1, -0.05) is 25.5 Å². The second-order valence-corrected chi connectivity index (χ2v) is 8.29. The standard InChI is InChI=1S/C21H21NO5S2/c1-2-3-10-27-21(26)14-6-4-7-15(13-14)22-19(24)17(16-8-5-11-28-16)18(20(22)25)29-12-9-23/h4-8,11,13,23H,2-3,9-10,12H2,1H3. The number of unbranched alkanes of at least 4 members (excludes halogenated alkanes) is 1. The third-order valence-corrected chi connectivity index (χ3v) is 6.16. The summed E-state index contributed by atoms with van der Waals surface area (Å²) in [7, 11) is 0. The summed E-state index contributed by atoms with van der Waals surface area (Å²) < 4.78 is 5.23. The van der Waals surface area contributed by atoms with E-state index in [2.05, 4.69) is 0 Å². The van der Waals surface area contributed by atoms with Crippen molar-refractivity contribution in [1.29, 1.82) is 0 Å². The predicted octanol–water partition coefficient (Wildman–Crippen LogP) is 3.72. The quantitative estimate of drug-likeness (QED) is 0.370. The highest BCUT2D eigenvalue weighted by Gasteiger charge is 2.40. The number of esters is 1. The predicted molar refractivity (Wildman–Crippen MR) is 115 cm³/mol. The summed E-state index contributed by atoms with van der Waals surface area (Å²) in [5.41, 5.74) is 0.936. The number of carbonyl (C=O) groups excluding carboxylic acids is 3. The number of thioether (sulfide) groups is 1. The Balaban J connectivity index is 1.90. The van der Waals surface area contributed by atoms with Gasteiger partial charge in [0.15, 0.2) is 0 Å². The van der Waals surface area contributed by atoms with Gasteiger partial charge in [0.25, 0.3) is 11.8 Å². The Morgan fingerprint density at radius 2 is 2.03 bits per heavy atom. The molecule has 0 bridgehead atoms. The highest BCUT2D eigenvalue weighted by Crippen LogP contribution is 2.39. The number of anilines is 1. The average molecular weight is 432 g/mol. The van der Waals surface area contributed by atoms with E-state index in [9.17, 15) is 14.4 Å². The number of aliphatic hydroxyl groups is 1. The second-order valence-electron chi connectivity index (χ2n) is 6.24. The molecule has 1 aromatic carbocycles. The summed E-state index contributed by atoms with van der Waals surface area (Å²) >= 11 is 2.53. The van der Waals surface area contributed by atoms with Crippen molar-refractivity contribution < 1.29 is 24.2 Å². The van der Waals surface area contributed by atoms with Crippen LogP contribution in [0.5, 0.6) is 0 Å². The number of benzene rings is 1. The van der Waals surface area contributed by atoms with Gasteiger partial charge < -0.3 is 9.84 Å². The van der Waals surface area contributed by atoms with Gasteiger partial charge in [0.1, 0.15) is 0 Å². The van der Waals surface area contributed by atoms with Crippen LogP contribution in [0.1, 0.15) is 35.0 Å². The van der Waals surface area contributed by atoms with E-state index in [4.69, 9.17) is 9.84 Å². The first kappa shape index (κ1) is 21.3. The minimum atomic E-state index is -0.485. The molecule has 152 valence electrons. The number of thiophene rings is 1. The zero-order valence-corrected chi connectivity index (χ0v) is 17.6. The van der Waals surface area contributed by atoms with Crippen LogP contribution in [0.15, 0.2) is 46.7 Å². The first-order valence-electron chi connectivity index (χ1n) is 9.26. The Kier molecular flexibility index (Phi) is 7.24. The number of imide groups is 1. The van der Waals surface area contributed by atoms with E-state index in [1.165, 1.54) is 17.4 Å². The summed E-state index contributed by atoms with van der Waals surface area (Å²) in [5, 5.41) is 11.0. The molecule has 0 radical (unpaired) electrons. The van der Waals surface area contributed by atoms with Crippen LogP contribution in [0.2, 0.25) is 0 Å². The van der Waals surface area contributed by atoms with Gasteiger partial charge in [0.05, 0.1) is 34.9 Å². The zero-order valence-electron chi connectivity index (χ0n) is 15.9.